The molecule has 0 aliphatic rings. The SMILES string of the molecule is C#CCCC(O[SiH](c1ccccc1)c1ccccc1)C(F)CCC. The van der Waals surface area contributed by atoms with Crippen LogP contribution in [-0.2, 0) is 4.43 Å². The van der Waals surface area contributed by atoms with Gasteiger partial charge in [-0.25, -0.2) is 4.39 Å². The molecule has 2 aromatic carbocycles. The Balaban J connectivity index is 2.27. The molecule has 0 N–H and O–H groups in total. The molecule has 2 rings (SSSR count). The maximum atomic E-state index is 14.6. The predicted molar refractivity (Wildman–Crippen MR) is 102 cm³/mol. The summed E-state index contributed by atoms with van der Waals surface area (Å²) >= 11 is 0. The van der Waals surface area contributed by atoms with Crippen LogP contribution in [0, 0.1) is 12.3 Å². The van der Waals surface area contributed by atoms with Gasteiger partial charge in [0.15, 0.2) is 0 Å². The van der Waals surface area contributed by atoms with E-state index in [2.05, 4.69) is 30.2 Å². The van der Waals surface area contributed by atoms with Crippen LogP contribution in [0.5, 0.6) is 0 Å². The zero-order valence-electron chi connectivity index (χ0n) is 14.2. The van der Waals surface area contributed by atoms with E-state index in [1.54, 1.807) is 0 Å². The van der Waals surface area contributed by atoms with Crippen LogP contribution in [-0.4, -0.2) is 21.3 Å². The van der Waals surface area contributed by atoms with Gasteiger partial charge in [-0.2, -0.15) is 0 Å². The van der Waals surface area contributed by atoms with Gasteiger partial charge in [-0.3, -0.25) is 0 Å². The van der Waals surface area contributed by atoms with Crippen molar-refractivity contribution in [1.29, 1.82) is 0 Å². The largest absolute Gasteiger partial charge is 0.405 e. The molecule has 0 saturated heterocycles. The average Bonchev–Trinajstić information content (AvgIpc) is 2.63. The molecule has 0 radical (unpaired) electrons. The van der Waals surface area contributed by atoms with Crippen molar-refractivity contribution in [3.63, 3.8) is 0 Å². The Kier molecular flexibility index (Phi) is 7.74. The number of halogens is 1. The second-order valence-corrected chi connectivity index (χ2v) is 8.29. The van der Waals surface area contributed by atoms with Gasteiger partial charge < -0.3 is 4.43 Å². The van der Waals surface area contributed by atoms with Crippen LogP contribution >= 0.6 is 0 Å². The van der Waals surface area contributed by atoms with Crippen LogP contribution in [0.25, 0.3) is 0 Å². The highest BCUT2D eigenvalue weighted by Gasteiger charge is 2.27. The molecular weight excluding hydrogens is 315 g/mol. The minimum absolute atomic E-state index is 0.432. The van der Waals surface area contributed by atoms with E-state index in [1.807, 2.05) is 43.3 Å². The van der Waals surface area contributed by atoms with Crippen molar-refractivity contribution in [3.8, 4) is 12.3 Å². The van der Waals surface area contributed by atoms with Crippen LogP contribution < -0.4 is 10.4 Å². The van der Waals surface area contributed by atoms with Crippen LogP contribution in [0.2, 0.25) is 0 Å². The minimum atomic E-state index is -1.94. The van der Waals surface area contributed by atoms with Gasteiger partial charge >= 0.3 is 0 Å². The first kappa shape index (κ1) is 18.4. The lowest BCUT2D eigenvalue weighted by Crippen LogP contribution is -2.49. The van der Waals surface area contributed by atoms with Gasteiger partial charge in [0, 0.05) is 6.42 Å². The lowest BCUT2D eigenvalue weighted by Gasteiger charge is -2.27. The molecule has 2 unspecified atom stereocenters. The fraction of sp³-hybridized carbons (Fsp3) is 0.333. The van der Waals surface area contributed by atoms with Crippen molar-refractivity contribution >= 4 is 19.4 Å². The summed E-state index contributed by atoms with van der Waals surface area (Å²) in [5.41, 5.74) is 0. The van der Waals surface area contributed by atoms with E-state index in [-0.39, 0.29) is 0 Å². The van der Waals surface area contributed by atoms with Crippen molar-refractivity contribution in [1.82, 2.24) is 0 Å². The van der Waals surface area contributed by atoms with Gasteiger partial charge in [-0.1, -0.05) is 74.0 Å². The number of alkyl halides is 1. The van der Waals surface area contributed by atoms with E-state index in [1.165, 1.54) is 0 Å². The maximum Gasteiger partial charge on any atom is 0.240 e. The zero-order chi connectivity index (χ0) is 17.2. The van der Waals surface area contributed by atoms with Crippen LogP contribution in [0.3, 0.4) is 0 Å². The van der Waals surface area contributed by atoms with E-state index in [0.29, 0.717) is 19.3 Å². The van der Waals surface area contributed by atoms with Crippen LogP contribution in [0.1, 0.15) is 32.6 Å². The van der Waals surface area contributed by atoms with Crippen molar-refractivity contribution in [2.75, 3.05) is 0 Å². The molecule has 2 atom stereocenters. The molecule has 3 heteroatoms. The van der Waals surface area contributed by atoms with E-state index in [9.17, 15) is 4.39 Å². The van der Waals surface area contributed by atoms with Gasteiger partial charge in [-0.05, 0) is 23.2 Å². The first-order valence-corrected chi connectivity index (χ1v) is 10.2. The third-order valence-electron chi connectivity index (χ3n) is 4.06. The highest BCUT2D eigenvalue weighted by Crippen LogP contribution is 2.17. The molecule has 0 amide bonds. The van der Waals surface area contributed by atoms with Crippen molar-refractivity contribution in [2.45, 2.75) is 44.9 Å². The molecule has 0 aliphatic carbocycles. The third-order valence-corrected chi connectivity index (χ3v) is 6.66. The topological polar surface area (TPSA) is 9.23 Å². The van der Waals surface area contributed by atoms with Gasteiger partial charge in [0.1, 0.15) is 6.17 Å². The Labute approximate surface area is 146 Å². The van der Waals surface area contributed by atoms with Gasteiger partial charge in [0.25, 0.3) is 0 Å². The summed E-state index contributed by atoms with van der Waals surface area (Å²) in [4.78, 5) is 0. The Bertz CT molecular complexity index is 584. The molecule has 0 aromatic heterocycles. The standard InChI is InChI=1S/C21H25FOSi/c1-3-5-17-21(20(22)12-4-2)23-24(18-13-8-6-9-14-18)19-15-10-7-11-16-19/h1,6-11,13-16,20-21,24H,4-5,12,17H2,2H3. The summed E-state index contributed by atoms with van der Waals surface area (Å²) in [5.74, 6) is 2.62. The van der Waals surface area contributed by atoms with E-state index in [0.717, 1.165) is 16.8 Å². The second kappa shape index (κ2) is 10.1. The second-order valence-electron chi connectivity index (χ2n) is 5.92. The summed E-state index contributed by atoms with van der Waals surface area (Å²) in [5, 5.41) is 2.33. The molecule has 126 valence electrons. The smallest absolute Gasteiger partial charge is 0.240 e. The normalized spacial score (nSPS) is 13.4. The Morgan fingerprint density at radius 2 is 1.54 bits per heavy atom. The highest BCUT2D eigenvalue weighted by molar-refractivity contribution is 6.80. The third kappa shape index (κ3) is 5.33. The summed E-state index contributed by atoms with van der Waals surface area (Å²) < 4.78 is 21.0. The number of terminal acetylenes is 1. The minimum Gasteiger partial charge on any atom is -0.405 e. The number of benzene rings is 2. The summed E-state index contributed by atoms with van der Waals surface area (Å²) in [6.45, 7) is 1.99. The van der Waals surface area contributed by atoms with Gasteiger partial charge in [0.2, 0.25) is 9.04 Å². The molecule has 0 bridgehead atoms. The van der Waals surface area contributed by atoms with Crippen LogP contribution in [0.4, 0.5) is 4.39 Å². The molecule has 1 nitrogen and oxygen atoms in total. The van der Waals surface area contributed by atoms with Crippen molar-refractivity contribution in [2.24, 2.45) is 0 Å². The molecule has 24 heavy (non-hydrogen) atoms. The van der Waals surface area contributed by atoms with E-state index >= 15 is 0 Å². The highest BCUT2D eigenvalue weighted by atomic mass is 28.3. The fourth-order valence-electron chi connectivity index (χ4n) is 2.80. The van der Waals surface area contributed by atoms with E-state index in [4.69, 9.17) is 10.8 Å². The fourth-order valence-corrected chi connectivity index (χ4v) is 5.30. The zero-order valence-corrected chi connectivity index (χ0v) is 15.4. The number of hydrogen-bond acceptors (Lipinski definition) is 1. The van der Waals surface area contributed by atoms with Crippen molar-refractivity contribution < 1.29 is 8.82 Å². The molecule has 0 heterocycles. The Hall–Kier alpha value is -1.89. The number of rotatable bonds is 9. The van der Waals surface area contributed by atoms with Gasteiger partial charge in [0.05, 0.1) is 6.10 Å². The first-order valence-electron chi connectivity index (χ1n) is 8.59. The predicted octanol–water partition coefficient (Wildman–Crippen LogP) is 3.46. The molecule has 0 aliphatic heterocycles. The molecular formula is C21H25FOSi. The summed E-state index contributed by atoms with van der Waals surface area (Å²) in [7, 11) is -1.94. The van der Waals surface area contributed by atoms with E-state index < -0.39 is 21.3 Å². The van der Waals surface area contributed by atoms with Crippen molar-refractivity contribution in [3.05, 3.63) is 60.7 Å². The molecule has 2 aromatic rings. The molecule has 0 fully saturated rings. The molecule has 0 saturated carbocycles. The molecule has 0 spiro atoms. The van der Waals surface area contributed by atoms with Gasteiger partial charge in [-0.15, -0.1) is 12.3 Å². The lowest BCUT2D eigenvalue weighted by atomic mass is 10.1. The van der Waals surface area contributed by atoms with Crippen LogP contribution in [0.15, 0.2) is 60.7 Å². The first-order chi connectivity index (χ1) is 11.8. The Morgan fingerprint density at radius 1 is 1.00 bits per heavy atom. The lowest BCUT2D eigenvalue weighted by molar-refractivity contribution is 0.0898. The Morgan fingerprint density at radius 3 is 2.00 bits per heavy atom. The maximum absolute atomic E-state index is 14.6. The quantitative estimate of drug-likeness (QED) is 0.502. The number of hydrogen-bond donors (Lipinski definition) is 0. The summed E-state index contributed by atoms with van der Waals surface area (Å²) in [6.07, 6.45) is 6.42. The monoisotopic (exact) mass is 340 g/mol. The average molecular weight is 341 g/mol. The summed E-state index contributed by atoms with van der Waals surface area (Å²) in [6, 6.07) is 20.3.